The molecule has 0 aliphatic heterocycles. The summed E-state index contributed by atoms with van der Waals surface area (Å²) in [6.45, 7) is 4.03. The monoisotopic (exact) mass is 236 g/mol. The van der Waals surface area contributed by atoms with Crippen LogP contribution in [0.5, 0.6) is 0 Å². The topological polar surface area (TPSA) is 20.2 Å². The van der Waals surface area contributed by atoms with Gasteiger partial charge in [-0.3, -0.25) is 0 Å². The first-order chi connectivity index (χ1) is 8.09. The fourth-order valence-corrected chi connectivity index (χ4v) is 3.10. The molecule has 2 heteroatoms. The molecule has 0 radical (unpaired) electrons. The quantitative estimate of drug-likeness (QED) is 0.836. The lowest BCUT2D eigenvalue weighted by Crippen LogP contribution is -2.25. The van der Waals surface area contributed by atoms with Crippen molar-refractivity contribution in [2.24, 2.45) is 5.41 Å². The van der Waals surface area contributed by atoms with Crippen molar-refractivity contribution in [2.75, 3.05) is 0 Å². The number of hydrogen-bond acceptors (Lipinski definition) is 1. The third-order valence-corrected chi connectivity index (χ3v) is 4.33. The average molecular weight is 236 g/mol. The molecule has 1 atom stereocenters. The Labute approximate surface area is 103 Å². The fraction of sp³-hybridized carbons (Fsp3) is 0.600. The Balaban J connectivity index is 2.35. The summed E-state index contributed by atoms with van der Waals surface area (Å²) < 4.78 is 13.8. The molecule has 1 fully saturated rings. The Kier molecular flexibility index (Phi) is 3.53. The summed E-state index contributed by atoms with van der Waals surface area (Å²) >= 11 is 0. The van der Waals surface area contributed by atoms with Crippen molar-refractivity contribution in [3.05, 3.63) is 35.1 Å². The predicted octanol–water partition coefficient (Wildman–Crippen LogP) is 4.14. The third kappa shape index (κ3) is 2.23. The zero-order chi connectivity index (χ0) is 12.5. The highest BCUT2D eigenvalue weighted by molar-refractivity contribution is 5.27. The van der Waals surface area contributed by atoms with Crippen LogP contribution >= 0.6 is 0 Å². The zero-order valence-electron chi connectivity index (χ0n) is 10.7. The summed E-state index contributed by atoms with van der Waals surface area (Å²) in [5, 5.41) is 10.5. The van der Waals surface area contributed by atoms with Gasteiger partial charge in [0.2, 0.25) is 0 Å². The maximum absolute atomic E-state index is 13.8. The van der Waals surface area contributed by atoms with E-state index in [-0.39, 0.29) is 11.2 Å². The molecule has 1 aromatic carbocycles. The Bertz CT molecular complexity index is 394. The molecule has 1 nitrogen and oxygen atoms in total. The minimum absolute atomic E-state index is 0.103. The van der Waals surface area contributed by atoms with Crippen LogP contribution in [-0.4, -0.2) is 5.11 Å². The third-order valence-electron chi connectivity index (χ3n) is 4.33. The SMILES string of the molecule is CCC1(C(O)c2cc(C)ccc2F)CCCC1. The van der Waals surface area contributed by atoms with Gasteiger partial charge in [-0.2, -0.15) is 0 Å². The largest absolute Gasteiger partial charge is 0.388 e. The maximum atomic E-state index is 13.8. The molecular weight excluding hydrogens is 215 g/mol. The van der Waals surface area contributed by atoms with Gasteiger partial charge in [-0.25, -0.2) is 4.39 Å². The molecule has 1 N–H and O–H groups in total. The molecule has 1 saturated carbocycles. The molecule has 0 spiro atoms. The van der Waals surface area contributed by atoms with Crippen molar-refractivity contribution >= 4 is 0 Å². The van der Waals surface area contributed by atoms with Crippen LogP contribution in [0.15, 0.2) is 18.2 Å². The first kappa shape index (κ1) is 12.6. The van der Waals surface area contributed by atoms with Crippen molar-refractivity contribution in [3.8, 4) is 0 Å². The summed E-state index contributed by atoms with van der Waals surface area (Å²) in [7, 11) is 0. The second-order valence-electron chi connectivity index (χ2n) is 5.35. The first-order valence-electron chi connectivity index (χ1n) is 6.53. The molecule has 94 valence electrons. The molecule has 1 aromatic rings. The van der Waals surface area contributed by atoms with Crippen LogP contribution in [0.3, 0.4) is 0 Å². The van der Waals surface area contributed by atoms with Crippen molar-refractivity contribution in [2.45, 2.75) is 52.1 Å². The van der Waals surface area contributed by atoms with Gasteiger partial charge in [0.05, 0.1) is 6.10 Å². The predicted molar refractivity (Wildman–Crippen MR) is 67.3 cm³/mol. The van der Waals surface area contributed by atoms with Gasteiger partial charge >= 0.3 is 0 Å². The number of rotatable bonds is 3. The summed E-state index contributed by atoms with van der Waals surface area (Å²) in [4.78, 5) is 0. The second-order valence-corrected chi connectivity index (χ2v) is 5.35. The molecule has 0 saturated heterocycles. The Morgan fingerprint density at radius 3 is 2.59 bits per heavy atom. The van der Waals surface area contributed by atoms with Gasteiger partial charge < -0.3 is 5.11 Å². The van der Waals surface area contributed by atoms with Crippen LogP contribution in [0.1, 0.15) is 56.3 Å². The number of halogens is 1. The summed E-state index contributed by atoms with van der Waals surface area (Å²) in [5.41, 5.74) is 1.38. The van der Waals surface area contributed by atoms with Gasteiger partial charge in [-0.05, 0) is 32.3 Å². The van der Waals surface area contributed by atoms with Crippen molar-refractivity contribution < 1.29 is 9.50 Å². The smallest absolute Gasteiger partial charge is 0.129 e. The highest BCUT2D eigenvalue weighted by Gasteiger charge is 2.40. The van der Waals surface area contributed by atoms with Gasteiger partial charge in [0.1, 0.15) is 5.82 Å². The Hall–Kier alpha value is -0.890. The Morgan fingerprint density at radius 1 is 1.35 bits per heavy atom. The summed E-state index contributed by atoms with van der Waals surface area (Å²) in [5.74, 6) is -0.275. The van der Waals surface area contributed by atoms with Gasteiger partial charge in [0.25, 0.3) is 0 Å². The lowest BCUT2D eigenvalue weighted by molar-refractivity contribution is 0.0211. The van der Waals surface area contributed by atoms with E-state index in [1.165, 1.54) is 6.07 Å². The van der Waals surface area contributed by atoms with Gasteiger partial charge in [-0.15, -0.1) is 0 Å². The van der Waals surface area contributed by atoms with Crippen molar-refractivity contribution in [1.29, 1.82) is 0 Å². The number of aliphatic hydroxyl groups is 1. The Morgan fingerprint density at radius 2 is 2.00 bits per heavy atom. The second kappa shape index (κ2) is 4.77. The molecule has 0 heterocycles. The van der Waals surface area contributed by atoms with E-state index in [0.717, 1.165) is 37.7 Å². The van der Waals surface area contributed by atoms with E-state index in [1.54, 1.807) is 12.1 Å². The molecule has 17 heavy (non-hydrogen) atoms. The molecule has 0 bridgehead atoms. The van der Waals surface area contributed by atoms with Gasteiger partial charge in [0, 0.05) is 11.0 Å². The van der Waals surface area contributed by atoms with E-state index in [0.29, 0.717) is 5.56 Å². The van der Waals surface area contributed by atoms with E-state index in [2.05, 4.69) is 6.92 Å². The molecule has 2 rings (SSSR count). The number of hydrogen-bond donors (Lipinski definition) is 1. The number of aliphatic hydroxyl groups excluding tert-OH is 1. The van der Waals surface area contributed by atoms with Gasteiger partial charge in [0.15, 0.2) is 0 Å². The highest BCUT2D eigenvalue weighted by Crippen LogP contribution is 2.50. The summed E-state index contributed by atoms with van der Waals surface area (Å²) in [6.07, 6.45) is 4.59. The van der Waals surface area contributed by atoms with Crippen molar-refractivity contribution in [3.63, 3.8) is 0 Å². The molecule has 0 amide bonds. The van der Waals surface area contributed by atoms with E-state index in [4.69, 9.17) is 0 Å². The standard InChI is InChI=1S/C15H21FO/c1-3-15(8-4-5-9-15)14(17)12-10-11(2)6-7-13(12)16/h6-7,10,14,17H,3-5,8-9H2,1-2H3. The lowest BCUT2D eigenvalue weighted by atomic mass is 9.75. The minimum Gasteiger partial charge on any atom is -0.388 e. The number of benzene rings is 1. The number of aryl methyl sites for hydroxylation is 1. The van der Waals surface area contributed by atoms with Crippen molar-refractivity contribution in [1.82, 2.24) is 0 Å². The molecule has 1 aliphatic carbocycles. The fourth-order valence-electron chi connectivity index (χ4n) is 3.10. The lowest BCUT2D eigenvalue weighted by Gasteiger charge is -2.33. The molecule has 0 aromatic heterocycles. The zero-order valence-corrected chi connectivity index (χ0v) is 10.7. The first-order valence-corrected chi connectivity index (χ1v) is 6.53. The van der Waals surface area contributed by atoms with Crippen LogP contribution in [0.25, 0.3) is 0 Å². The molecule has 1 unspecified atom stereocenters. The van der Waals surface area contributed by atoms with Crippen LogP contribution in [0.2, 0.25) is 0 Å². The summed E-state index contributed by atoms with van der Waals surface area (Å²) in [6, 6.07) is 5.00. The van der Waals surface area contributed by atoms with Gasteiger partial charge in [-0.1, -0.05) is 37.5 Å². The van der Waals surface area contributed by atoms with Crippen LogP contribution in [0.4, 0.5) is 4.39 Å². The molecule has 1 aliphatic rings. The van der Waals surface area contributed by atoms with Crippen LogP contribution < -0.4 is 0 Å². The average Bonchev–Trinajstić information content (AvgIpc) is 2.81. The van der Waals surface area contributed by atoms with E-state index >= 15 is 0 Å². The van der Waals surface area contributed by atoms with E-state index in [1.807, 2.05) is 6.92 Å². The highest BCUT2D eigenvalue weighted by atomic mass is 19.1. The normalized spacial score (nSPS) is 20.5. The molecular formula is C15H21FO. The van der Waals surface area contributed by atoms with E-state index in [9.17, 15) is 9.50 Å². The maximum Gasteiger partial charge on any atom is 0.129 e. The van der Waals surface area contributed by atoms with Crippen LogP contribution in [-0.2, 0) is 0 Å². The minimum atomic E-state index is -0.658. The van der Waals surface area contributed by atoms with Crippen LogP contribution in [0, 0.1) is 18.2 Å². The van der Waals surface area contributed by atoms with E-state index < -0.39 is 6.10 Å².